The summed E-state index contributed by atoms with van der Waals surface area (Å²) in [5, 5.41) is 9.21. The van der Waals surface area contributed by atoms with Crippen molar-refractivity contribution in [1.82, 2.24) is 0 Å². The summed E-state index contributed by atoms with van der Waals surface area (Å²) in [4.78, 5) is 14.2. The Morgan fingerprint density at radius 1 is 1.30 bits per heavy atom. The third-order valence-corrected chi connectivity index (χ3v) is 3.89. The van der Waals surface area contributed by atoms with Gasteiger partial charge in [-0.25, -0.2) is 4.79 Å². The highest BCUT2D eigenvalue weighted by molar-refractivity contribution is 6.32. The third kappa shape index (κ3) is 2.53. The van der Waals surface area contributed by atoms with Crippen molar-refractivity contribution >= 4 is 17.7 Å². The molecule has 1 aromatic rings. The van der Waals surface area contributed by atoms with Gasteiger partial charge in [-0.05, 0) is 30.5 Å². The molecule has 1 aromatic carbocycles. The van der Waals surface area contributed by atoms with Crippen molar-refractivity contribution in [1.29, 1.82) is 0 Å². The predicted molar refractivity (Wildman–Crippen MR) is 66.4 cm³/mol. The number of nitrogens with zero attached hydrogens (tertiary/aromatic N) is 1. The van der Waals surface area contributed by atoms with Gasteiger partial charge in [0.25, 0.3) is 0 Å². The van der Waals surface area contributed by atoms with Crippen molar-refractivity contribution in [2.75, 3.05) is 0 Å². The van der Waals surface area contributed by atoms with E-state index in [4.69, 9.17) is 11.6 Å². The molecule has 0 heterocycles. The second kappa shape index (κ2) is 5.11. The number of alkyl halides is 3. The second-order valence-electron chi connectivity index (χ2n) is 4.79. The van der Waals surface area contributed by atoms with Crippen molar-refractivity contribution in [2.24, 2.45) is 4.99 Å². The minimum absolute atomic E-state index is 0.173. The minimum atomic E-state index is -4.66. The van der Waals surface area contributed by atoms with Crippen LogP contribution in [0.4, 0.5) is 13.2 Å². The van der Waals surface area contributed by atoms with Crippen molar-refractivity contribution in [3.63, 3.8) is 0 Å². The fourth-order valence-electron chi connectivity index (χ4n) is 2.67. The van der Waals surface area contributed by atoms with Crippen LogP contribution in [0.2, 0.25) is 5.02 Å². The van der Waals surface area contributed by atoms with E-state index in [0.717, 1.165) is 6.07 Å². The summed E-state index contributed by atoms with van der Waals surface area (Å²) in [5.74, 6) is -0.647. The molecule has 0 radical (unpaired) electrons. The van der Waals surface area contributed by atoms with Gasteiger partial charge in [-0.2, -0.15) is 18.2 Å². The molecule has 0 saturated heterocycles. The van der Waals surface area contributed by atoms with Crippen LogP contribution in [0.1, 0.15) is 36.8 Å². The Morgan fingerprint density at radius 3 is 2.40 bits per heavy atom. The maximum Gasteiger partial charge on any atom is 0.416 e. The molecule has 20 heavy (non-hydrogen) atoms. The van der Waals surface area contributed by atoms with Gasteiger partial charge in [0.2, 0.25) is 6.08 Å². The lowest BCUT2D eigenvalue weighted by atomic mass is 9.85. The van der Waals surface area contributed by atoms with E-state index < -0.39 is 23.0 Å². The Kier molecular flexibility index (Phi) is 3.80. The third-order valence-electron chi connectivity index (χ3n) is 3.58. The van der Waals surface area contributed by atoms with E-state index in [2.05, 4.69) is 4.99 Å². The number of carbonyl (C=O) groups excluding carboxylic acids is 1. The van der Waals surface area contributed by atoms with Crippen LogP contribution >= 0.6 is 11.6 Å². The molecule has 0 unspecified atom stereocenters. The summed E-state index contributed by atoms with van der Waals surface area (Å²) in [6.07, 6.45) is -1.31. The van der Waals surface area contributed by atoms with Gasteiger partial charge in [-0.3, -0.25) is 0 Å². The van der Waals surface area contributed by atoms with E-state index >= 15 is 0 Å². The van der Waals surface area contributed by atoms with E-state index in [9.17, 15) is 23.1 Å². The monoisotopic (exact) mass is 305 g/mol. The number of hydrogen-bond acceptors (Lipinski definition) is 3. The van der Waals surface area contributed by atoms with Gasteiger partial charge in [-0.1, -0.05) is 24.4 Å². The quantitative estimate of drug-likeness (QED) is 0.658. The average molecular weight is 306 g/mol. The minimum Gasteiger partial charge on any atom is -0.506 e. The van der Waals surface area contributed by atoms with Gasteiger partial charge in [0.15, 0.2) is 0 Å². The summed E-state index contributed by atoms with van der Waals surface area (Å²) < 4.78 is 39.4. The Morgan fingerprint density at radius 2 is 1.90 bits per heavy atom. The first-order valence-corrected chi connectivity index (χ1v) is 6.37. The number of benzene rings is 1. The van der Waals surface area contributed by atoms with Crippen molar-refractivity contribution in [3.8, 4) is 5.75 Å². The summed E-state index contributed by atoms with van der Waals surface area (Å²) in [6.45, 7) is 0. The number of rotatable bonds is 2. The summed E-state index contributed by atoms with van der Waals surface area (Å²) >= 11 is 5.72. The van der Waals surface area contributed by atoms with Crippen LogP contribution in [-0.2, 0) is 16.5 Å². The molecule has 2 rings (SSSR count). The Bertz CT molecular complexity index is 574. The number of hydrogen-bond donors (Lipinski definition) is 1. The fraction of sp³-hybridized carbons (Fsp3) is 0.462. The Hall–Kier alpha value is -1.52. The first-order chi connectivity index (χ1) is 9.30. The molecule has 108 valence electrons. The predicted octanol–water partition coefficient (Wildman–Crippen LogP) is 4.17. The molecule has 0 atom stereocenters. The number of isocyanates is 1. The summed E-state index contributed by atoms with van der Waals surface area (Å²) in [5.41, 5.74) is -2.43. The van der Waals surface area contributed by atoms with Crippen LogP contribution < -0.4 is 0 Å². The maximum atomic E-state index is 13.1. The second-order valence-corrected chi connectivity index (χ2v) is 5.20. The van der Waals surface area contributed by atoms with Crippen molar-refractivity contribution in [3.05, 3.63) is 28.3 Å². The maximum absolute atomic E-state index is 13.1. The molecule has 1 N–H and O–H groups in total. The molecule has 7 heteroatoms. The first kappa shape index (κ1) is 14.9. The van der Waals surface area contributed by atoms with Gasteiger partial charge in [-0.15, -0.1) is 0 Å². The highest BCUT2D eigenvalue weighted by Crippen LogP contribution is 2.49. The number of halogens is 4. The van der Waals surface area contributed by atoms with Crippen LogP contribution in [0.5, 0.6) is 5.75 Å². The largest absolute Gasteiger partial charge is 0.506 e. The van der Waals surface area contributed by atoms with Crippen LogP contribution in [-0.4, -0.2) is 11.2 Å². The van der Waals surface area contributed by atoms with E-state index in [0.29, 0.717) is 31.7 Å². The van der Waals surface area contributed by atoms with Crippen LogP contribution in [0.15, 0.2) is 17.1 Å². The van der Waals surface area contributed by atoms with Crippen LogP contribution in [0, 0.1) is 0 Å². The molecule has 0 amide bonds. The van der Waals surface area contributed by atoms with Crippen molar-refractivity contribution in [2.45, 2.75) is 37.4 Å². The molecule has 1 aliphatic rings. The van der Waals surface area contributed by atoms with E-state index in [1.165, 1.54) is 6.08 Å². The normalized spacial score (nSPS) is 17.8. The van der Waals surface area contributed by atoms with Gasteiger partial charge < -0.3 is 5.11 Å². The lowest BCUT2D eigenvalue weighted by Gasteiger charge is -2.27. The summed E-state index contributed by atoms with van der Waals surface area (Å²) in [6, 6.07) is 1.63. The molecule has 0 bridgehead atoms. The molecule has 1 fully saturated rings. The zero-order valence-corrected chi connectivity index (χ0v) is 11.1. The van der Waals surface area contributed by atoms with Gasteiger partial charge in [0, 0.05) is 0 Å². The molecular weight excluding hydrogens is 295 g/mol. The lowest BCUT2D eigenvalue weighted by Crippen LogP contribution is -2.24. The zero-order valence-electron chi connectivity index (χ0n) is 10.3. The van der Waals surface area contributed by atoms with Crippen LogP contribution in [0.3, 0.4) is 0 Å². The van der Waals surface area contributed by atoms with Gasteiger partial charge >= 0.3 is 6.18 Å². The standard InChI is InChI=1S/C13H11ClF3NO2/c14-10-5-8(9(6-11(10)20)13(15,16)17)12(18-7-19)3-1-2-4-12/h5-6,20H,1-4H2. The van der Waals surface area contributed by atoms with Gasteiger partial charge in [0.05, 0.1) is 16.1 Å². The number of aliphatic imine (C=N–C) groups is 1. The zero-order chi connectivity index (χ0) is 15.0. The molecule has 1 saturated carbocycles. The topological polar surface area (TPSA) is 49.7 Å². The lowest BCUT2D eigenvalue weighted by molar-refractivity contribution is -0.138. The smallest absolute Gasteiger partial charge is 0.416 e. The van der Waals surface area contributed by atoms with E-state index in [1.807, 2.05) is 0 Å². The molecule has 0 aromatic heterocycles. The van der Waals surface area contributed by atoms with Crippen LogP contribution in [0.25, 0.3) is 0 Å². The number of aromatic hydroxyl groups is 1. The fourth-order valence-corrected chi connectivity index (χ4v) is 2.83. The number of phenolic OH excluding ortho intramolecular Hbond substituents is 1. The Labute approximate surface area is 118 Å². The highest BCUT2D eigenvalue weighted by Gasteiger charge is 2.44. The molecular formula is C13H11ClF3NO2. The summed E-state index contributed by atoms with van der Waals surface area (Å²) in [7, 11) is 0. The number of phenols is 1. The SMILES string of the molecule is O=C=NC1(c2cc(Cl)c(O)cc2C(F)(F)F)CCCC1. The molecule has 0 aliphatic heterocycles. The van der Waals surface area contributed by atoms with Gasteiger partial charge in [0.1, 0.15) is 5.75 Å². The van der Waals surface area contributed by atoms with E-state index in [-0.39, 0.29) is 10.6 Å². The van der Waals surface area contributed by atoms with Crippen molar-refractivity contribution < 1.29 is 23.1 Å². The van der Waals surface area contributed by atoms with E-state index in [1.54, 1.807) is 0 Å². The molecule has 1 aliphatic carbocycles. The average Bonchev–Trinajstić information content (AvgIpc) is 2.81. The Balaban J connectivity index is 2.71. The molecule has 0 spiro atoms. The molecule has 3 nitrogen and oxygen atoms in total. The first-order valence-electron chi connectivity index (χ1n) is 5.99. The highest BCUT2D eigenvalue weighted by atomic mass is 35.5.